The first-order valence-corrected chi connectivity index (χ1v) is 9.18. The molecule has 5 nitrogen and oxygen atoms in total. The molecule has 0 saturated heterocycles. The van der Waals surface area contributed by atoms with Crippen LogP contribution in [-0.2, 0) is 17.8 Å². The molecular formula is C21H27ClN2O3. The molecule has 0 unspecified atom stereocenters. The van der Waals surface area contributed by atoms with Crippen molar-refractivity contribution in [2.75, 3.05) is 41.4 Å². The van der Waals surface area contributed by atoms with Crippen LogP contribution in [0.25, 0.3) is 0 Å². The third-order valence-corrected chi connectivity index (χ3v) is 4.51. The van der Waals surface area contributed by atoms with E-state index in [0.29, 0.717) is 36.0 Å². The monoisotopic (exact) mass is 390 g/mol. The summed E-state index contributed by atoms with van der Waals surface area (Å²) in [5.41, 5.74) is 1.95. The van der Waals surface area contributed by atoms with Crippen molar-refractivity contribution in [2.24, 2.45) is 0 Å². The molecule has 0 N–H and O–H groups in total. The van der Waals surface area contributed by atoms with Gasteiger partial charge in [0.2, 0.25) is 5.91 Å². The zero-order valence-electron chi connectivity index (χ0n) is 16.4. The largest absolute Gasteiger partial charge is 0.493 e. The fraction of sp³-hybridized carbons (Fsp3) is 0.381. The normalized spacial score (nSPS) is 10.7. The fourth-order valence-corrected chi connectivity index (χ4v) is 2.83. The Morgan fingerprint density at radius 1 is 0.926 bits per heavy atom. The highest BCUT2D eigenvalue weighted by Crippen LogP contribution is 2.28. The number of carbonyl (C=O) groups is 1. The van der Waals surface area contributed by atoms with Crippen molar-refractivity contribution in [2.45, 2.75) is 13.0 Å². The van der Waals surface area contributed by atoms with Crippen molar-refractivity contribution >= 4 is 17.5 Å². The second-order valence-corrected chi connectivity index (χ2v) is 7.05. The zero-order chi connectivity index (χ0) is 19.8. The van der Waals surface area contributed by atoms with Crippen LogP contribution in [0.5, 0.6) is 11.5 Å². The number of benzene rings is 2. The van der Waals surface area contributed by atoms with Crippen molar-refractivity contribution in [1.82, 2.24) is 9.80 Å². The fourth-order valence-electron chi connectivity index (χ4n) is 2.70. The number of hydrogen-bond donors (Lipinski definition) is 0. The smallest absolute Gasteiger partial charge is 0.227 e. The minimum absolute atomic E-state index is 0.0685. The summed E-state index contributed by atoms with van der Waals surface area (Å²) in [5.74, 6) is 1.35. The number of carbonyl (C=O) groups excluding carboxylic acids is 1. The van der Waals surface area contributed by atoms with Gasteiger partial charge in [0.25, 0.3) is 0 Å². The lowest BCUT2D eigenvalue weighted by atomic mass is 10.1. The molecule has 2 aromatic carbocycles. The van der Waals surface area contributed by atoms with Gasteiger partial charge in [0.05, 0.1) is 20.6 Å². The molecule has 0 radical (unpaired) electrons. The summed E-state index contributed by atoms with van der Waals surface area (Å²) in [7, 11) is 7.18. The lowest BCUT2D eigenvalue weighted by Crippen LogP contribution is -2.37. The predicted octanol–water partition coefficient (Wildman–Crippen LogP) is 3.49. The number of methoxy groups -OCH3 is 2. The van der Waals surface area contributed by atoms with Gasteiger partial charge in [0.1, 0.15) is 0 Å². The Bertz CT molecular complexity index is 748. The van der Waals surface area contributed by atoms with Gasteiger partial charge >= 0.3 is 0 Å². The standard InChI is InChI=1S/C21H27ClN2O3/c1-23(2)11-12-24(15-16-5-8-18(22)9-6-16)21(25)14-17-7-10-19(26-3)20(13-17)27-4/h5-10,13H,11-12,14-15H2,1-4H3. The van der Waals surface area contributed by atoms with Crippen LogP contribution < -0.4 is 9.47 Å². The summed E-state index contributed by atoms with van der Waals surface area (Å²) in [6.07, 6.45) is 0.307. The van der Waals surface area contributed by atoms with Gasteiger partial charge in [-0.2, -0.15) is 0 Å². The van der Waals surface area contributed by atoms with E-state index in [9.17, 15) is 4.79 Å². The van der Waals surface area contributed by atoms with Crippen molar-refractivity contribution in [1.29, 1.82) is 0 Å². The van der Waals surface area contributed by atoms with E-state index in [2.05, 4.69) is 4.90 Å². The summed E-state index contributed by atoms with van der Waals surface area (Å²) in [4.78, 5) is 16.9. The third-order valence-electron chi connectivity index (χ3n) is 4.26. The molecule has 0 fully saturated rings. The van der Waals surface area contributed by atoms with Crippen LogP contribution >= 0.6 is 11.6 Å². The maximum Gasteiger partial charge on any atom is 0.227 e. The number of likely N-dealkylation sites (N-methyl/N-ethyl adjacent to an activating group) is 1. The minimum Gasteiger partial charge on any atom is -0.493 e. The molecule has 2 rings (SSSR count). The van der Waals surface area contributed by atoms with E-state index in [-0.39, 0.29) is 5.91 Å². The maximum absolute atomic E-state index is 13.0. The van der Waals surface area contributed by atoms with E-state index >= 15 is 0 Å². The van der Waals surface area contributed by atoms with Crippen LogP contribution in [0, 0.1) is 0 Å². The summed E-state index contributed by atoms with van der Waals surface area (Å²) in [6.45, 7) is 2.00. The third kappa shape index (κ3) is 6.45. The van der Waals surface area contributed by atoms with Crippen molar-refractivity contribution < 1.29 is 14.3 Å². The molecule has 0 aliphatic heterocycles. The maximum atomic E-state index is 13.0. The molecule has 0 atom stereocenters. The van der Waals surface area contributed by atoms with Gasteiger partial charge in [-0.15, -0.1) is 0 Å². The van der Waals surface area contributed by atoms with E-state index in [4.69, 9.17) is 21.1 Å². The van der Waals surface area contributed by atoms with Crippen LogP contribution in [0.1, 0.15) is 11.1 Å². The summed E-state index contributed by atoms with van der Waals surface area (Å²) in [6, 6.07) is 13.2. The molecule has 27 heavy (non-hydrogen) atoms. The van der Waals surface area contributed by atoms with Gasteiger partial charge in [-0.1, -0.05) is 29.8 Å². The van der Waals surface area contributed by atoms with Crippen LogP contribution in [0.4, 0.5) is 0 Å². The minimum atomic E-state index is 0.0685. The zero-order valence-corrected chi connectivity index (χ0v) is 17.1. The summed E-state index contributed by atoms with van der Waals surface area (Å²) >= 11 is 5.96. The molecule has 0 saturated carbocycles. The average Bonchev–Trinajstić information content (AvgIpc) is 2.66. The number of hydrogen-bond acceptors (Lipinski definition) is 4. The van der Waals surface area contributed by atoms with E-state index in [1.807, 2.05) is 61.5 Å². The molecule has 6 heteroatoms. The lowest BCUT2D eigenvalue weighted by molar-refractivity contribution is -0.131. The Hall–Kier alpha value is -2.24. The molecule has 1 amide bonds. The van der Waals surface area contributed by atoms with E-state index in [0.717, 1.165) is 17.7 Å². The van der Waals surface area contributed by atoms with Gasteiger partial charge in [-0.25, -0.2) is 0 Å². The average molecular weight is 391 g/mol. The molecule has 0 spiro atoms. The molecule has 0 heterocycles. The second kappa shape index (κ2) is 10.2. The highest BCUT2D eigenvalue weighted by molar-refractivity contribution is 6.30. The van der Waals surface area contributed by atoms with E-state index in [1.165, 1.54) is 0 Å². The Morgan fingerprint density at radius 3 is 2.15 bits per heavy atom. The number of halogens is 1. The molecular weight excluding hydrogens is 364 g/mol. The Labute approximate surface area is 166 Å². The highest BCUT2D eigenvalue weighted by atomic mass is 35.5. The second-order valence-electron chi connectivity index (χ2n) is 6.61. The first-order valence-electron chi connectivity index (χ1n) is 8.80. The number of rotatable bonds is 9. The molecule has 2 aromatic rings. The van der Waals surface area contributed by atoms with Crippen molar-refractivity contribution in [3.8, 4) is 11.5 Å². The van der Waals surface area contributed by atoms with Crippen LogP contribution in [0.15, 0.2) is 42.5 Å². The van der Waals surface area contributed by atoms with E-state index in [1.54, 1.807) is 14.2 Å². The SMILES string of the molecule is COc1ccc(CC(=O)N(CCN(C)C)Cc2ccc(Cl)cc2)cc1OC. The van der Waals surface area contributed by atoms with Gasteiger partial charge in [-0.3, -0.25) is 4.79 Å². The van der Waals surface area contributed by atoms with E-state index < -0.39 is 0 Å². The Kier molecular flexibility index (Phi) is 7.95. The first-order chi connectivity index (χ1) is 12.9. The molecule has 0 aromatic heterocycles. The van der Waals surface area contributed by atoms with Gasteiger partial charge in [0, 0.05) is 24.7 Å². The van der Waals surface area contributed by atoms with Gasteiger partial charge < -0.3 is 19.3 Å². The number of ether oxygens (including phenoxy) is 2. The molecule has 0 aliphatic carbocycles. The first kappa shape index (κ1) is 21.1. The lowest BCUT2D eigenvalue weighted by Gasteiger charge is -2.25. The van der Waals surface area contributed by atoms with Crippen molar-refractivity contribution in [3.05, 3.63) is 58.6 Å². The molecule has 146 valence electrons. The summed E-state index contributed by atoms with van der Waals surface area (Å²) in [5, 5.41) is 0.690. The number of amides is 1. The Morgan fingerprint density at radius 2 is 1.56 bits per heavy atom. The van der Waals surface area contributed by atoms with Gasteiger partial charge in [-0.05, 0) is 49.5 Å². The van der Waals surface area contributed by atoms with Crippen LogP contribution in [0.3, 0.4) is 0 Å². The topological polar surface area (TPSA) is 42.0 Å². The van der Waals surface area contributed by atoms with Crippen LogP contribution in [0.2, 0.25) is 5.02 Å². The Balaban J connectivity index is 2.13. The predicted molar refractivity (Wildman–Crippen MR) is 109 cm³/mol. The highest BCUT2D eigenvalue weighted by Gasteiger charge is 2.16. The van der Waals surface area contributed by atoms with Crippen LogP contribution in [-0.4, -0.2) is 57.1 Å². The quantitative estimate of drug-likeness (QED) is 0.657. The van der Waals surface area contributed by atoms with Gasteiger partial charge in [0.15, 0.2) is 11.5 Å². The van der Waals surface area contributed by atoms with Crippen molar-refractivity contribution in [3.63, 3.8) is 0 Å². The number of nitrogens with zero attached hydrogens (tertiary/aromatic N) is 2. The molecule has 0 aliphatic rings. The summed E-state index contributed by atoms with van der Waals surface area (Å²) < 4.78 is 10.6. The molecule has 0 bridgehead atoms.